The SMILES string of the molecule is CN1CC[C@H](O)[C@H](C(=O)N(C)Cc2cscn2)C1. The van der Waals surface area contributed by atoms with Crippen LogP contribution >= 0.6 is 11.3 Å². The van der Waals surface area contributed by atoms with Crippen molar-refractivity contribution in [1.29, 1.82) is 0 Å². The van der Waals surface area contributed by atoms with Gasteiger partial charge in [-0.05, 0) is 13.5 Å². The van der Waals surface area contributed by atoms with E-state index in [0.29, 0.717) is 19.5 Å². The fourth-order valence-corrected chi connectivity index (χ4v) is 2.81. The minimum atomic E-state index is -0.522. The summed E-state index contributed by atoms with van der Waals surface area (Å²) in [6.45, 7) is 1.98. The molecule has 1 aromatic heterocycles. The highest BCUT2D eigenvalue weighted by Crippen LogP contribution is 2.19. The van der Waals surface area contributed by atoms with Crippen molar-refractivity contribution < 1.29 is 9.90 Å². The van der Waals surface area contributed by atoms with Gasteiger partial charge in [-0.25, -0.2) is 4.98 Å². The Morgan fingerprint density at radius 1 is 1.72 bits per heavy atom. The van der Waals surface area contributed by atoms with E-state index in [0.717, 1.165) is 12.2 Å². The van der Waals surface area contributed by atoms with Gasteiger partial charge >= 0.3 is 0 Å². The van der Waals surface area contributed by atoms with Crippen LogP contribution in [0, 0.1) is 5.92 Å². The van der Waals surface area contributed by atoms with Crippen LogP contribution in [0.3, 0.4) is 0 Å². The number of aliphatic hydroxyl groups is 1. The Balaban J connectivity index is 1.96. The summed E-state index contributed by atoms with van der Waals surface area (Å²) in [5.74, 6) is -0.311. The number of amides is 1. The first-order chi connectivity index (χ1) is 8.58. The lowest BCUT2D eigenvalue weighted by Crippen LogP contribution is -2.48. The zero-order valence-corrected chi connectivity index (χ0v) is 11.6. The molecule has 6 heteroatoms. The zero-order chi connectivity index (χ0) is 13.1. The molecule has 1 aliphatic heterocycles. The van der Waals surface area contributed by atoms with Crippen LogP contribution < -0.4 is 0 Å². The van der Waals surface area contributed by atoms with Gasteiger partial charge in [-0.1, -0.05) is 0 Å². The molecule has 0 aromatic carbocycles. The van der Waals surface area contributed by atoms with Crippen molar-refractivity contribution in [2.24, 2.45) is 5.92 Å². The summed E-state index contributed by atoms with van der Waals surface area (Å²) in [5, 5.41) is 11.9. The third-order valence-electron chi connectivity index (χ3n) is 3.36. The number of carbonyl (C=O) groups is 1. The molecule has 2 atom stereocenters. The van der Waals surface area contributed by atoms with Gasteiger partial charge in [0.2, 0.25) is 5.91 Å². The topological polar surface area (TPSA) is 56.7 Å². The number of carbonyl (C=O) groups excluding carboxylic acids is 1. The van der Waals surface area contributed by atoms with E-state index in [2.05, 4.69) is 9.88 Å². The molecular weight excluding hydrogens is 250 g/mol. The van der Waals surface area contributed by atoms with Crippen LogP contribution in [0.1, 0.15) is 12.1 Å². The van der Waals surface area contributed by atoms with E-state index in [9.17, 15) is 9.90 Å². The first-order valence-electron chi connectivity index (χ1n) is 6.06. The predicted molar refractivity (Wildman–Crippen MR) is 70.2 cm³/mol. The molecule has 0 saturated carbocycles. The van der Waals surface area contributed by atoms with E-state index in [1.807, 2.05) is 12.4 Å². The molecule has 1 saturated heterocycles. The molecule has 100 valence electrons. The minimum absolute atomic E-state index is 0.00190. The number of aliphatic hydroxyl groups excluding tert-OH is 1. The van der Waals surface area contributed by atoms with Gasteiger partial charge in [0, 0.05) is 25.5 Å². The molecule has 1 N–H and O–H groups in total. The lowest BCUT2D eigenvalue weighted by molar-refractivity contribution is -0.141. The zero-order valence-electron chi connectivity index (χ0n) is 10.7. The number of nitrogens with zero attached hydrogens (tertiary/aromatic N) is 3. The smallest absolute Gasteiger partial charge is 0.229 e. The van der Waals surface area contributed by atoms with Gasteiger partial charge in [0.05, 0.1) is 29.8 Å². The maximum Gasteiger partial charge on any atom is 0.229 e. The summed E-state index contributed by atoms with van der Waals surface area (Å²) < 4.78 is 0. The second kappa shape index (κ2) is 5.77. The maximum absolute atomic E-state index is 12.3. The number of hydrogen-bond acceptors (Lipinski definition) is 5. The van der Waals surface area contributed by atoms with Gasteiger partial charge in [0.25, 0.3) is 0 Å². The summed E-state index contributed by atoms with van der Waals surface area (Å²) in [6, 6.07) is 0. The quantitative estimate of drug-likeness (QED) is 0.864. The minimum Gasteiger partial charge on any atom is -0.392 e. The van der Waals surface area contributed by atoms with Crippen molar-refractivity contribution in [1.82, 2.24) is 14.8 Å². The fraction of sp³-hybridized carbons (Fsp3) is 0.667. The number of rotatable bonds is 3. The van der Waals surface area contributed by atoms with Crippen molar-refractivity contribution >= 4 is 17.2 Å². The Morgan fingerprint density at radius 3 is 3.17 bits per heavy atom. The Hall–Kier alpha value is -0.980. The molecule has 5 nitrogen and oxygen atoms in total. The molecule has 0 aliphatic carbocycles. The Kier molecular flexibility index (Phi) is 4.31. The van der Waals surface area contributed by atoms with E-state index in [1.165, 1.54) is 11.3 Å². The molecule has 1 aromatic rings. The number of aromatic nitrogens is 1. The van der Waals surface area contributed by atoms with E-state index < -0.39 is 6.10 Å². The maximum atomic E-state index is 12.3. The number of likely N-dealkylation sites (tertiary alicyclic amines) is 1. The van der Waals surface area contributed by atoms with Crippen LogP contribution in [0.2, 0.25) is 0 Å². The van der Waals surface area contributed by atoms with E-state index in [-0.39, 0.29) is 11.8 Å². The molecule has 0 radical (unpaired) electrons. The first kappa shape index (κ1) is 13.5. The molecule has 2 heterocycles. The summed E-state index contributed by atoms with van der Waals surface area (Å²) in [6.07, 6.45) is 0.142. The Bertz CT molecular complexity index is 396. The van der Waals surface area contributed by atoms with Gasteiger partial charge in [-0.2, -0.15) is 0 Å². The highest BCUT2D eigenvalue weighted by molar-refractivity contribution is 7.07. The molecule has 0 unspecified atom stereocenters. The van der Waals surface area contributed by atoms with E-state index in [1.54, 1.807) is 17.5 Å². The summed E-state index contributed by atoms with van der Waals surface area (Å²) in [4.78, 5) is 20.2. The highest BCUT2D eigenvalue weighted by atomic mass is 32.1. The Morgan fingerprint density at radius 2 is 2.50 bits per heavy atom. The average molecular weight is 269 g/mol. The predicted octanol–water partition coefficient (Wildman–Crippen LogP) is 0.414. The van der Waals surface area contributed by atoms with Crippen molar-refractivity contribution in [2.75, 3.05) is 27.2 Å². The van der Waals surface area contributed by atoms with Gasteiger partial charge in [0.1, 0.15) is 0 Å². The van der Waals surface area contributed by atoms with Crippen LogP contribution in [0.25, 0.3) is 0 Å². The fourth-order valence-electron chi connectivity index (χ4n) is 2.26. The Labute approximate surface area is 111 Å². The van der Waals surface area contributed by atoms with E-state index >= 15 is 0 Å². The molecule has 0 spiro atoms. The van der Waals surface area contributed by atoms with Crippen molar-refractivity contribution in [3.63, 3.8) is 0 Å². The van der Waals surface area contributed by atoms with Crippen LogP contribution in [-0.4, -0.2) is 59.1 Å². The van der Waals surface area contributed by atoms with Gasteiger partial charge in [-0.15, -0.1) is 11.3 Å². The molecule has 0 bridgehead atoms. The normalized spacial score (nSPS) is 25.1. The average Bonchev–Trinajstić information content (AvgIpc) is 2.84. The third-order valence-corrected chi connectivity index (χ3v) is 3.99. The van der Waals surface area contributed by atoms with Crippen LogP contribution in [0.4, 0.5) is 0 Å². The lowest BCUT2D eigenvalue weighted by Gasteiger charge is -2.35. The summed E-state index contributed by atoms with van der Waals surface area (Å²) >= 11 is 1.52. The molecular formula is C12H19N3O2S. The number of hydrogen-bond donors (Lipinski definition) is 1. The highest BCUT2D eigenvalue weighted by Gasteiger charge is 2.33. The second-order valence-corrected chi connectivity index (χ2v) is 5.62. The third kappa shape index (κ3) is 3.07. The van der Waals surface area contributed by atoms with Gasteiger partial charge < -0.3 is 14.9 Å². The van der Waals surface area contributed by atoms with Crippen LogP contribution in [0.5, 0.6) is 0 Å². The lowest BCUT2D eigenvalue weighted by atomic mass is 9.93. The monoisotopic (exact) mass is 269 g/mol. The van der Waals surface area contributed by atoms with Crippen molar-refractivity contribution in [2.45, 2.75) is 19.1 Å². The molecule has 1 fully saturated rings. The van der Waals surface area contributed by atoms with E-state index in [4.69, 9.17) is 0 Å². The number of piperidine rings is 1. The summed E-state index contributed by atoms with van der Waals surface area (Å²) in [5.41, 5.74) is 2.66. The summed E-state index contributed by atoms with van der Waals surface area (Å²) in [7, 11) is 3.75. The molecule has 1 aliphatic rings. The molecule has 18 heavy (non-hydrogen) atoms. The largest absolute Gasteiger partial charge is 0.392 e. The first-order valence-corrected chi connectivity index (χ1v) is 7.01. The van der Waals surface area contributed by atoms with Crippen LogP contribution in [-0.2, 0) is 11.3 Å². The second-order valence-electron chi connectivity index (χ2n) is 4.90. The van der Waals surface area contributed by atoms with Crippen LogP contribution in [0.15, 0.2) is 10.9 Å². The number of thiazole rings is 1. The molecule has 2 rings (SSSR count). The van der Waals surface area contributed by atoms with Crippen molar-refractivity contribution in [3.8, 4) is 0 Å². The molecule has 1 amide bonds. The standard InChI is InChI=1S/C12H19N3O2S/c1-14-4-3-11(16)10(6-14)12(17)15(2)5-9-7-18-8-13-9/h7-8,10-11,16H,3-6H2,1-2H3/t10-,11+/m1/s1. The van der Waals surface area contributed by atoms with Crippen molar-refractivity contribution in [3.05, 3.63) is 16.6 Å². The van der Waals surface area contributed by atoms with Gasteiger partial charge in [0.15, 0.2) is 0 Å². The van der Waals surface area contributed by atoms with Gasteiger partial charge in [-0.3, -0.25) is 4.79 Å².